The molecule has 0 saturated carbocycles. The molecule has 92 valence electrons. The van der Waals surface area contributed by atoms with Gasteiger partial charge < -0.3 is 10.5 Å². The molecule has 0 radical (unpaired) electrons. The summed E-state index contributed by atoms with van der Waals surface area (Å²) in [5.74, 6) is -0.662. The molecule has 5 heteroatoms. The minimum Gasteiger partial charge on any atom is -0.619 e. The van der Waals surface area contributed by atoms with Crippen LogP contribution in [0.1, 0.15) is 15.9 Å². The SMILES string of the molecule is O=C(NCc1ccc(F)cc1)c1ccc[n+]([O-])c1. The molecule has 0 saturated heterocycles. The van der Waals surface area contributed by atoms with Gasteiger partial charge in [0.1, 0.15) is 11.4 Å². The summed E-state index contributed by atoms with van der Waals surface area (Å²) < 4.78 is 13.2. The van der Waals surface area contributed by atoms with Crippen LogP contribution in [0.5, 0.6) is 0 Å². The van der Waals surface area contributed by atoms with E-state index in [0.717, 1.165) is 5.56 Å². The molecule has 0 bridgehead atoms. The quantitative estimate of drug-likeness (QED) is 0.657. The van der Waals surface area contributed by atoms with E-state index in [2.05, 4.69) is 5.32 Å². The molecular formula is C13H11FN2O2. The highest BCUT2D eigenvalue weighted by atomic mass is 19.1. The molecule has 0 unspecified atom stereocenters. The Bertz CT molecular complexity index is 555. The van der Waals surface area contributed by atoms with Gasteiger partial charge in [-0.05, 0) is 23.8 Å². The number of carbonyl (C=O) groups is 1. The zero-order valence-electron chi connectivity index (χ0n) is 9.47. The molecule has 0 spiro atoms. The van der Waals surface area contributed by atoms with Crippen LogP contribution in [0.3, 0.4) is 0 Å². The molecule has 0 atom stereocenters. The maximum Gasteiger partial charge on any atom is 0.257 e. The van der Waals surface area contributed by atoms with Gasteiger partial charge in [-0.1, -0.05) is 12.1 Å². The molecular weight excluding hydrogens is 235 g/mol. The molecule has 1 aromatic heterocycles. The number of carbonyl (C=O) groups excluding carboxylic acids is 1. The van der Waals surface area contributed by atoms with Crippen molar-refractivity contribution in [2.45, 2.75) is 6.54 Å². The van der Waals surface area contributed by atoms with Gasteiger partial charge >= 0.3 is 0 Å². The monoisotopic (exact) mass is 246 g/mol. The van der Waals surface area contributed by atoms with Crippen molar-refractivity contribution in [2.75, 3.05) is 0 Å². The Morgan fingerprint density at radius 2 is 2.00 bits per heavy atom. The molecule has 1 amide bonds. The lowest BCUT2D eigenvalue weighted by Gasteiger charge is -2.05. The van der Waals surface area contributed by atoms with Gasteiger partial charge in [0.2, 0.25) is 0 Å². The summed E-state index contributed by atoms with van der Waals surface area (Å²) in [5, 5.41) is 13.6. The van der Waals surface area contributed by atoms with E-state index in [0.29, 0.717) is 4.73 Å². The third kappa shape index (κ3) is 3.04. The lowest BCUT2D eigenvalue weighted by atomic mass is 10.2. The molecule has 1 heterocycles. The maximum absolute atomic E-state index is 12.7. The van der Waals surface area contributed by atoms with Gasteiger partial charge in [-0.15, -0.1) is 0 Å². The summed E-state index contributed by atoms with van der Waals surface area (Å²) in [6.45, 7) is 0.285. The van der Waals surface area contributed by atoms with Crippen LogP contribution in [0.2, 0.25) is 0 Å². The van der Waals surface area contributed by atoms with Gasteiger partial charge in [-0.3, -0.25) is 4.79 Å². The number of amides is 1. The van der Waals surface area contributed by atoms with E-state index >= 15 is 0 Å². The summed E-state index contributed by atoms with van der Waals surface area (Å²) in [4.78, 5) is 11.7. The van der Waals surface area contributed by atoms with Crippen molar-refractivity contribution in [1.82, 2.24) is 5.32 Å². The fraction of sp³-hybridized carbons (Fsp3) is 0.0769. The summed E-state index contributed by atoms with van der Waals surface area (Å²) in [6.07, 6.45) is 2.50. The molecule has 0 aliphatic carbocycles. The predicted molar refractivity (Wildman–Crippen MR) is 63.0 cm³/mol. The van der Waals surface area contributed by atoms with Gasteiger partial charge in [0.15, 0.2) is 12.4 Å². The largest absolute Gasteiger partial charge is 0.619 e. The normalized spacial score (nSPS) is 10.1. The number of hydrogen-bond donors (Lipinski definition) is 1. The van der Waals surface area contributed by atoms with E-state index in [1.165, 1.54) is 30.6 Å². The average Bonchev–Trinajstić information content (AvgIpc) is 2.38. The number of benzene rings is 1. The predicted octanol–water partition coefficient (Wildman–Crippen LogP) is 1.39. The summed E-state index contributed by atoms with van der Waals surface area (Å²) in [6, 6.07) is 8.89. The Morgan fingerprint density at radius 1 is 1.28 bits per heavy atom. The van der Waals surface area contributed by atoms with Crippen molar-refractivity contribution in [3.63, 3.8) is 0 Å². The van der Waals surface area contributed by atoms with E-state index in [-0.39, 0.29) is 23.8 Å². The zero-order valence-corrected chi connectivity index (χ0v) is 9.47. The first-order valence-corrected chi connectivity index (χ1v) is 5.36. The second-order valence-electron chi connectivity index (χ2n) is 3.76. The molecule has 2 aromatic rings. The molecule has 1 aromatic carbocycles. The van der Waals surface area contributed by atoms with Gasteiger partial charge in [-0.25, -0.2) is 4.39 Å². The van der Waals surface area contributed by atoms with Crippen molar-refractivity contribution < 1.29 is 13.9 Å². The van der Waals surface area contributed by atoms with Crippen LogP contribution in [0.15, 0.2) is 48.8 Å². The number of nitrogens with zero attached hydrogens (tertiary/aromatic N) is 1. The number of hydrogen-bond acceptors (Lipinski definition) is 2. The molecule has 0 fully saturated rings. The third-order valence-electron chi connectivity index (χ3n) is 2.40. The number of halogens is 1. The van der Waals surface area contributed by atoms with Gasteiger partial charge in [-0.2, -0.15) is 4.73 Å². The smallest absolute Gasteiger partial charge is 0.257 e. The van der Waals surface area contributed by atoms with E-state index < -0.39 is 0 Å². The van der Waals surface area contributed by atoms with E-state index in [9.17, 15) is 14.4 Å². The Balaban J connectivity index is 1.98. The van der Waals surface area contributed by atoms with E-state index in [4.69, 9.17) is 0 Å². The number of aromatic nitrogens is 1. The third-order valence-corrected chi connectivity index (χ3v) is 2.40. The fourth-order valence-corrected chi connectivity index (χ4v) is 1.48. The second kappa shape index (κ2) is 5.27. The van der Waals surface area contributed by atoms with E-state index in [1.54, 1.807) is 18.2 Å². The number of nitrogens with one attached hydrogen (secondary N) is 1. The molecule has 0 aliphatic rings. The van der Waals surface area contributed by atoms with E-state index in [1.807, 2.05) is 0 Å². The molecule has 18 heavy (non-hydrogen) atoms. The van der Waals surface area contributed by atoms with Crippen molar-refractivity contribution in [3.05, 3.63) is 70.9 Å². The lowest BCUT2D eigenvalue weighted by molar-refractivity contribution is -0.605. The summed E-state index contributed by atoms with van der Waals surface area (Å²) in [7, 11) is 0. The highest BCUT2D eigenvalue weighted by molar-refractivity contribution is 5.93. The van der Waals surface area contributed by atoms with Crippen LogP contribution in [-0.4, -0.2) is 5.91 Å². The minimum atomic E-state index is -0.343. The van der Waals surface area contributed by atoms with Crippen LogP contribution >= 0.6 is 0 Å². The lowest BCUT2D eigenvalue weighted by Crippen LogP contribution is -2.29. The highest BCUT2D eigenvalue weighted by Crippen LogP contribution is 2.03. The molecule has 0 aliphatic heterocycles. The fourth-order valence-electron chi connectivity index (χ4n) is 1.48. The number of pyridine rings is 1. The van der Waals surface area contributed by atoms with Crippen molar-refractivity contribution in [1.29, 1.82) is 0 Å². The minimum absolute atomic E-state index is 0.285. The van der Waals surface area contributed by atoms with Crippen molar-refractivity contribution in [3.8, 4) is 0 Å². The standard InChI is InChI=1S/C13H11FN2O2/c14-12-5-3-10(4-6-12)8-15-13(17)11-2-1-7-16(18)9-11/h1-7,9H,8H2,(H,15,17). The maximum atomic E-state index is 12.7. The Kier molecular flexibility index (Phi) is 3.52. The highest BCUT2D eigenvalue weighted by Gasteiger charge is 2.07. The Morgan fingerprint density at radius 3 is 2.67 bits per heavy atom. The van der Waals surface area contributed by atoms with Crippen molar-refractivity contribution >= 4 is 5.91 Å². The van der Waals surface area contributed by atoms with Gasteiger partial charge in [0.05, 0.1) is 0 Å². The van der Waals surface area contributed by atoms with Gasteiger partial charge in [0.25, 0.3) is 5.91 Å². The topological polar surface area (TPSA) is 56.0 Å². The van der Waals surface area contributed by atoms with Crippen LogP contribution in [0.25, 0.3) is 0 Å². The first kappa shape index (κ1) is 12.0. The average molecular weight is 246 g/mol. The van der Waals surface area contributed by atoms with Crippen molar-refractivity contribution in [2.24, 2.45) is 0 Å². The first-order chi connectivity index (χ1) is 8.65. The van der Waals surface area contributed by atoms with Gasteiger partial charge in [0, 0.05) is 12.6 Å². The first-order valence-electron chi connectivity index (χ1n) is 5.36. The Labute approximate surface area is 103 Å². The Hall–Kier alpha value is -2.43. The van der Waals surface area contributed by atoms with Crippen LogP contribution in [0, 0.1) is 11.0 Å². The zero-order chi connectivity index (χ0) is 13.0. The molecule has 4 nitrogen and oxygen atoms in total. The van der Waals surface area contributed by atoms with Crippen LogP contribution in [-0.2, 0) is 6.54 Å². The summed E-state index contributed by atoms with van der Waals surface area (Å²) in [5.41, 5.74) is 1.07. The van der Waals surface area contributed by atoms with Crippen LogP contribution in [0.4, 0.5) is 4.39 Å². The van der Waals surface area contributed by atoms with Crippen LogP contribution < -0.4 is 10.0 Å². The second-order valence-corrected chi connectivity index (χ2v) is 3.76. The molecule has 2 rings (SSSR count). The summed E-state index contributed by atoms with van der Waals surface area (Å²) >= 11 is 0. The molecule has 1 N–H and O–H groups in total. The number of rotatable bonds is 3.